The Hall–Kier alpha value is -3.17. The second-order valence-electron chi connectivity index (χ2n) is 7.12. The number of carbonyl (C=O) groups excluding carboxylic acids is 2. The van der Waals surface area contributed by atoms with Gasteiger partial charge in [-0.25, -0.2) is 8.78 Å². The number of likely N-dealkylation sites (tertiary alicyclic amines) is 1. The van der Waals surface area contributed by atoms with E-state index >= 15 is 0 Å². The molecule has 1 aliphatic rings. The summed E-state index contributed by atoms with van der Waals surface area (Å²) in [6.45, 7) is 1.69. The number of carbonyl (C=O) groups is 2. The van der Waals surface area contributed by atoms with Gasteiger partial charge in [-0.05, 0) is 42.8 Å². The molecule has 2 aromatic carbocycles. The van der Waals surface area contributed by atoms with E-state index in [2.05, 4.69) is 5.32 Å². The van der Waals surface area contributed by atoms with Gasteiger partial charge >= 0.3 is 6.18 Å². The average molecular weight is 442 g/mol. The molecule has 0 unspecified atom stereocenters. The van der Waals surface area contributed by atoms with Gasteiger partial charge in [0, 0.05) is 19.5 Å². The molecule has 0 saturated carbocycles. The zero-order chi connectivity index (χ0) is 22.9. The SMILES string of the molecule is CCOc1cc([C@H]2CN(C)C(=O)[C@@H]2C(=O)Nc2cccc(F)c2F)cc(C(F)(F)F)c1. The van der Waals surface area contributed by atoms with E-state index in [-0.39, 0.29) is 24.5 Å². The van der Waals surface area contributed by atoms with Gasteiger partial charge in [-0.15, -0.1) is 0 Å². The van der Waals surface area contributed by atoms with Crippen LogP contribution in [0.1, 0.15) is 24.0 Å². The third kappa shape index (κ3) is 4.62. The Morgan fingerprint density at radius 3 is 2.58 bits per heavy atom. The molecule has 0 radical (unpaired) electrons. The van der Waals surface area contributed by atoms with Crippen molar-refractivity contribution in [2.45, 2.75) is 19.0 Å². The monoisotopic (exact) mass is 442 g/mol. The van der Waals surface area contributed by atoms with Crippen molar-refractivity contribution in [3.8, 4) is 5.75 Å². The van der Waals surface area contributed by atoms with Crippen molar-refractivity contribution in [2.75, 3.05) is 25.5 Å². The van der Waals surface area contributed by atoms with Gasteiger partial charge in [-0.1, -0.05) is 6.07 Å². The minimum atomic E-state index is -4.67. The van der Waals surface area contributed by atoms with Crippen LogP contribution in [0.4, 0.5) is 27.6 Å². The highest BCUT2D eigenvalue weighted by molar-refractivity contribution is 6.08. The standard InChI is InChI=1S/C21H19F5N2O3/c1-3-31-13-8-11(7-12(9-13)21(24,25)26)14-10-28(2)20(30)17(14)19(29)27-16-6-4-5-15(22)18(16)23/h4-9,14,17H,3,10H2,1-2H3,(H,27,29)/t14-,17+/m1/s1. The smallest absolute Gasteiger partial charge is 0.416 e. The Labute approximate surface area is 174 Å². The topological polar surface area (TPSA) is 58.6 Å². The van der Waals surface area contributed by atoms with Gasteiger partial charge in [0.05, 0.1) is 17.9 Å². The zero-order valence-electron chi connectivity index (χ0n) is 16.6. The summed E-state index contributed by atoms with van der Waals surface area (Å²) < 4.78 is 72.7. The Kier molecular flexibility index (Phi) is 6.19. The second-order valence-corrected chi connectivity index (χ2v) is 7.12. The summed E-state index contributed by atoms with van der Waals surface area (Å²) in [4.78, 5) is 26.6. The quantitative estimate of drug-likeness (QED) is 0.558. The lowest BCUT2D eigenvalue weighted by Gasteiger charge is -2.20. The van der Waals surface area contributed by atoms with Crippen molar-refractivity contribution < 1.29 is 36.3 Å². The highest BCUT2D eigenvalue weighted by Crippen LogP contribution is 2.39. The highest BCUT2D eigenvalue weighted by atomic mass is 19.4. The van der Waals surface area contributed by atoms with Crippen molar-refractivity contribution in [1.82, 2.24) is 4.90 Å². The van der Waals surface area contributed by atoms with Crippen LogP contribution in [0.2, 0.25) is 0 Å². The maximum Gasteiger partial charge on any atom is 0.416 e. The van der Waals surface area contributed by atoms with E-state index in [0.29, 0.717) is 0 Å². The fourth-order valence-corrected chi connectivity index (χ4v) is 3.55. The van der Waals surface area contributed by atoms with Gasteiger partial charge in [-0.3, -0.25) is 9.59 Å². The fourth-order valence-electron chi connectivity index (χ4n) is 3.55. The third-order valence-electron chi connectivity index (χ3n) is 5.00. The number of anilines is 1. The largest absolute Gasteiger partial charge is 0.494 e. The number of amides is 2. The fraction of sp³-hybridized carbons (Fsp3) is 0.333. The Morgan fingerprint density at radius 2 is 1.94 bits per heavy atom. The number of benzene rings is 2. The molecule has 0 aromatic heterocycles. The number of rotatable bonds is 5. The molecule has 0 bridgehead atoms. The van der Waals surface area contributed by atoms with Crippen molar-refractivity contribution in [3.05, 3.63) is 59.2 Å². The summed E-state index contributed by atoms with van der Waals surface area (Å²) in [5.41, 5.74) is -1.37. The molecule has 166 valence electrons. The van der Waals surface area contributed by atoms with Crippen molar-refractivity contribution >= 4 is 17.5 Å². The second kappa shape index (κ2) is 8.52. The maximum atomic E-state index is 13.9. The molecular formula is C21H19F5N2O3. The minimum absolute atomic E-state index is 0.0323. The molecule has 2 amide bonds. The van der Waals surface area contributed by atoms with Crippen LogP contribution >= 0.6 is 0 Å². The number of nitrogens with one attached hydrogen (secondary N) is 1. The summed E-state index contributed by atoms with van der Waals surface area (Å²) in [7, 11) is 1.41. The maximum absolute atomic E-state index is 13.9. The first-order chi connectivity index (χ1) is 14.5. The number of hydrogen-bond acceptors (Lipinski definition) is 3. The van der Waals surface area contributed by atoms with Gasteiger partial charge in [-0.2, -0.15) is 13.2 Å². The molecule has 2 aromatic rings. The summed E-state index contributed by atoms with van der Waals surface area (Å²) in [6.07, 6.45) is -4.67. The van der Waals surface area contributed by atoms with Crippen LogP contribution < -0.4 is 10.1 Å². The van der Waals surface area contributed by atoms with Crippen LogP contribution in [0, 0.1) is 17.6 Å². The molecule has 1 heterocycles. The molecule has 5 nitrogen and oxygen atoms in total. The van der Waals surface area contributed by atoms with E-state index in [4.69, 9.17) is 4.74 Å². The Bertz CT molecular complexity index is 1010. The number of ether oxygens (including phenoxy) is 1. The molecule has 31 heavy (non-hydrogen) atoms. The van der Waals surface area contributed by atoms with Gasteiger partial charge in [0.15, 0.2) is 11.6 Å². The van der Waals surface area contributed by atoms with Crippen LogP contribution in [0.15, 0.2) is 36.4 Å². The highest BCUT2D eigenvalue weighted by Gasteiger charge is 2.45. The molecule has 1 aliphatic heterocycles. The average Bonchev–Trinajstić information content (AvgIpc) is 2.99. The molecule has 0 aliphatic carbocycles. The van der Waals surface area contributed by atoms with Gasteiger partial charge in [0.2, 0.25) is 11.8 Å². The third-order valence-corrected chi connectivity index (χ3v) is 5.00. The van der Waals surface area contributed by atoms with E-state index in [0.717, 1.165) is 24.3 Å². The van der Waals surface area contributed by atoms with Crippen LogP contribution in [-0.2, 0) is 15.8 Å². The normalized spacial score (nSPS) is 18.9. The lowest BCUT2D eigenvalue weighted by molar-refractivity contribution is -0.137. The number of likely N-dealkylation sites (N-methyl/N-ethyl adjacent to an activating group) is 1. The summed E-state index contributed by atoms with van der Waals surface area (Å²) in [5.74, 6) is -6.51. The molecule has 0 spiro atoms. The number of halogens is 5. The zero-order valence-corrected chi connectivity index (χ0v) is 16.6. The van der Waals surface area contributed by atoms with Crippen LogP contribution in [0.3, 0.4) is 0 Å². The molecule has 2 atom stereocenters. The van der Waals surface area contributed by atoms with Gasteiger partial charge in [0.1, 0.15) is 11.7 Å². The van der Waals surface area contributed by atoms with Gasteiger partial charge in [0.25, 0.3) is 0 Å². The molecule has 1 fully saturated rings. The summed E-state index contributed by atoms with van der Waals surface area (Å²) in [6, 6.07) is 6.20. The first kappa shape index (κ1) is 22.5. The van der Waals surface area contributed by atoms with E-state index < -0.39 is 52.7 Å². The predicted octanol–water partition coefficient (Wildman–Crippen LogP) is 4.19. The number of nitrogens with zero attached hydrogens (tertiary/aromatic N) is 1. The summed E-state index contributed by atoms with van der Waals surface area (Å²) >= 11 is 0. The Morgan fingerprint density at radius 1 is 1.23 bits per heavy atom. The Balaban J connectivity index is 1.99. The van der Waals surface area contributed by atoms with Crippen LogP contribution in [-0.4, -0.2) is 36.9 Å². The molecule has 1 saturated heterocycles. The van der Waals surface area contributed by atoms with Crippen molar-refractivity contribution in [1.29, 1.82) is 0 Å². The first-order valence-electron chi connectivity index (χ1n) is 9.37. The molecule has 1 N–H and O–H groups in total. The lowest BCUT2D eigenvalue weighted by Crippen LogP contribution is -2.33. The minimum Gasteiger partial charge on any atom is -0.494 e. The van der Waals surface area contributed by atoms with Crippen LogP contribution in [0.25, 0.3) is 0 Å². The number of alkyl halides is 3. The molecule has 10 heteroatoms. The molecular weight excluding hydrogens is 423 g/mol. The van der Waals surface area contributed by atoms with E-state index in [1.54, 1.807) is 6.92 Å². The van der Waals surface area contributed by atoms with Crippen LogP contribution in [0.5, 0.6) is 5.75 Å². The first-order valence-corrected chi connectivity index (χ1v) is 9.37. The van der Waals surface area contributed by atoms with Gasteiger partial charge < -0.3 is 15.0 Å². The van der Waals surface area contributed by atoms with E-state index in [9.17, 15) is 31.5 Å². The molecule has 3 rings (SSSR count). The number of hydrogen-bond donors (Lipinski definition) is 1. The van der Waals surface area contributed by atoms with E-state index in [1.807, 2.05) is 0 Å². The van der Waals surface area contributed by atoms with Crippen molar-refractivity contribution in [3.63, 3.8) is 0 Å². The van der Waals surface area contributed by atoms with Crippen molar-refractivity contribution in [2.24, 2.45) is 5.92 Å². The summed E-state index contributed by atoms with van der Waals surface area (Å²) in [5, 5.41) is 2.17. The lowest BCUT2D eigenvalue weighted by atomic mass is 9.86. The predicted molar refractivity (Wildman–Crippen MR) is 101 cm³/mol. The van der Waals surface area contributed by atoms with E-state index in [1.165, 1.54) is 24.1 Å².